The lowest BCUT2D eigenvalue weighted by atomic mass is 9.84. The van der Waals surface area contributed by atoms with Gasteiger partial charge in [0.2, 0.25) is 11.8 Å². The number of amides is 4. The van der Waals surface area contributed by atoms with Gasteiger partial charge in [-0.05, 0) is 110 Å². The van der Waals surface area contributed by atoms with Crippen LogP contribution in [0.25, 0.3) is 27.7 Å². The standard InChI is InChI=1S/C55H75N9O7S/c1-14-37(46(56-15-2)35(6)70-13)48-39-30-53(7,8)33-71-51(68)40-18-17-25-64(59-40)50(67)41(29-44-57-42(31-72-44)36-19-20-43(38(39)28-36)62(48)16-3)58-49(66)47(34(4)5)63-27-24-55(52(63)69)23-26-61(32-55)45(65)21-22-54(9,10)60(11)12/h14-15,19-20,28,31,34-35,40-41,47,59H,1,16-18,23-27,29-30,32-33H2,2-13H3,(H,58,66)/b46-37+,56-15?/t35-,40-,41-,47-,55-/m0/s1. The molecule has 16 nitrogen and oxygen atoms in total. The molecule has 3 fully saturated rings. The summed E-state index contributed by atoms with van der Waals surface area (Å²) in [5.41, 5.74) is 7.52. The Morgan fingerprint density at radius 3 is 2.56 bits per heavy atom. The van der Waals surface area contributed by atoms with Crippen LogP contribution in [0.15, 0.2) is 46.9 Å². The monoisotopic (exact) mass is 1010 g/mol. The molecule has 7 rings (SSSR count). The van der Waals surface area contributed by atoms with Crippen LogP contribution >= 0.6 is 11.3 Å². The number of nitrogens with zero attached hydrogens (tertiary/aromatic N) is 7. The normalized spacial score (nSPS) is 23.1. The van der Waals surface area contributed by atoms with Crippen molar-refractivity contribution >= 4 is 63.6 Å². The summed E-state index contributed by atoms with van der Waals surface area (Å²) in [4.78, 5) is 86.6. The first kappa shape index (κ1) is 54.1. The summed E-state index contributed by atoms with van der Waals surface area (Å²) in [5, 5.41) is 8.13. The van der Waals surface area contributed by atoms with Crippen molar-refractivity contribution in [3.63, 3.8) is 0 Å². The molecule has 1 aromatic carbocycles. The van der Waals surface area contributed by atoms with Crippen molar-refractivity contribution in [1.29, 1.82) is 0 Å². The average molecular weight is 1010 g/mol. The molecule has 4 aliphatic heterocycles. The van der Waals surface area contributed by atoms with E-state index in [1.165, 1.54) is 16.3 Å². The second kappa shape index (κ2) is 21.8. The fraction of sp³-hybridized carbons (Fsp3) is 0.582. The highest BCUT2D eigenvalue weighted by Crippen LogP contribution is 2.43. The first-order valence-electron chi connectivity index (χ1n) is 25.4. The number of cyclic esters (lactones) is 1. The van der Waals surface area contributed by atoms with Crippen molar-refractivity contribution < 1.29 is 33.4 Å². The Balaban J connectivity index is 1.24. The van der Waals surface area contributed by atoms with Crippen LogP contribution in [0.5, 0.6) is 0 Å². The smallest absolute Gasteiger partial charge is 0.324 e. The maximum atomic E-state index is 14.8. The molecule has 0 unspecified atom stereocenters. The third kappa shape index (κ3) is 11.0. The molecule has 1 spiro atoms. The minimum atomic E-state index is -1.09. The first-order chi connectivity index (χ1) is 34.1. The molecule has 6 bridgehead atoms. The van der Waals surface area contributed by atoms with Crippen LogP contribution < -0.4 is 10.7 Å². The number of hydrazine groups is 1. The molecule has 0 saturated carbocycles. The molecular formula is C55H75N9O7S. The highest BCUT2D eigenvalue weighted by Gasteiger charge is 2.54. The Morgan fingerprint density at radius 2 is 1.89 bits per heavy atom. The Labute approximate surface area is 429 Å². The number of aryl methyl sites for hydroxylation is 1. The van der Waals surface area contributed by atoms with Gasteiger partial charge in [0.15, 0.2) is 0 Å². The second-order valence-electron chi connectivity index (χ2n) is 21.6. The number of fused-ring (bicyclic) bond motifs is 6. The van der Waals surface area contributed by atoms with E-state index < -0.39 is 52.3 Å². The van der Waals surface area contributed by atoms with Gasteiger partial charge in [-0.2, -0.15) is 0 Å². The van der Waals surface area contributed by atoms with E-state index in [1.54, 1.807) is 23.1 Å². The molecule has 4 aliphatic rings. The van der Waals surface area contributed by atoms with E-state index in [0.29, 0.717) is 63.3 Å². The predicted octanol–water partition coefficient (Wildman–Crippen LogP) is 6.28. The lowest BCUT2D eigenvalue weighted by Crippen LogP contribution is -2.62. The number of aliphatic imine (C=N–C) groups is 1. The van der Waals surface area contributed by atoms with Gasteiger partial charge < -0.3 is 29.2 Å². The highest BCUT2D eigenvalue weighted by atomic mass is 32.1. The zero-order chi connectivity index (χ0) is 52.4. The highest BCUT2D eigenvalue weighted by molar-refractivity contribution is 7.10. The number of likely N-dealkylation sites (tertiary alicyclic amines) is 2. The number of carbonyl (C=O) groups excluding carboxylic acids is 5. The molecular weight excluding hydrogens is 931 g/mol. The molecule has 0 aliphatic carbocycles. The lowest BCUT2D eigenvalue weighted by molar-refractivity contribution is -0.155. The van der Waals surface area contributed by atoms with E-state index in [1.807, 2.05) is 72.0 Å². The van der Waals surface area contributed by atoms with Crippen LogP contribution in [0.1, 0.15) is 104 Å². The number of aromatic nitrogens is 2. The number of ether oxygens (including phenoxy) is 2. The number of nitrogens with one attached hydrogen (secondary N) is 2. The average Bonchev–Trinajstić information content (AvgIpc) is 4.14. The van der Waals surface area contributed by atoms with Gasteiger partial charge in [0.25, 0.3) is 11.8 Å². The summed E-state index contributed by atoms with van der Waals surface area (Å²) in [5.74, 6) is 3.72. The predicted molar refractivity (Wildman–Crippen MR) is 283 cm³/mol. The molecule has 0 radical (unpaired) electrons. The van der Waals surface area contributed by atoms with Gasteiger partial charge in [-0.15, -0.1) is 11.3 Å². The summed E-state index contributed by atoms with van der Waals surface area (Å²) >= 11 is 1.40. The summed E-state index contributed by atoms with van der Waals surface area (Å²) in [7, 11) is 5.48. The minimum Gasteiger partial charge on any atom is -0.464 e. The summed E-state index contributed by atoms with van der Waals surface area (Å²) < 4.78 is 14.3. The van der Waals surface area contributed by atoms with Crippen molar-refractivity contribution in [3.05, 3.63) is 58.2 Å². The third-order valence-corrected chi connectivity index (χ3v) is 16.0. The number of carbonyl (C=O) groups is 5. The SMILES string of the molecule is C=C/C(=C(\N=CC)[C@H](C)OC)c1c2c3cc(ccc3n1CC)-c1csc(n1)C[C@H](NC(=O)[C@H](C(C)C)N1CC[C@]3(CCN(C(=O)C#CC(C)(C)N(C)C)C3)C1=O)C(=O)N1CCC[C@H](N1)C(=O)OCC(C)(C)C2. The molecule has 3 aromatic rings. The van der Waals surface area contributed by atoms with Crippen LogP contribution in [0, 0.1) is 28.6 Å². The van der Waals surface area contributed by atoms with Crippen molar-refractivity contribution in [2.75, 3.05) is 54.0 Å². The fourth-order valence-electron chi connectivity index (χ4n) is 10.5. The molecule has 5 atom stereocenters. The van der Waals surface area contributed by atoms with E-state index >= 15 is 0 Å². The minimum absolute atomic E-state index is 0.0674. The molecule has 2 N–H and O–H groups in total. The van der Waals surface area contributed by atoms with Crippen molar-refractivity contribution in [2.45, 2.75) is 137 Å². The van der Waals surface area contributed by atoms with E-state index in [-0.39, 0.29) is 43.4 Å². The van der Waals surface area contributed by atoms with Crippen LogP contribution in [0.2, 0.25) is 0 Å². The number of benzene rings is 1. The van der Waals surface area contributed by atoms with Crippen molar-refractivity contribution in [2.24, 2.45) is 21.7 Å². The quantitative estimate of drug-likeness (QED) is 0.0966. The second-order valence-corrected chi connectivity index (χ2v) is 22.6. The number of rotatable bonds is 11. The van der Waals surface area contributed by atoms with Crippen LogP contribution in [0.3, 0.4) is 0 Å². The molecule has 4 amide bonds. The van der Waals surface area contributed by atoms with Crippen molar-refractivity contribution in [3.8, 4) is 23.1 Å². The van der Waals surface area contributed by atoms with Gasteiger partial charge >= 0.3 is 5.97 Å². The number of esters is 1. The number of allylic oxidation sites excluding steroid dienone is 2. The van der Waals surface area contributed by atoms with Gasteiger partial charge in [-0.1, -0.05) is 52.3 Å². The summed E-state index contributed by atoms with van der Waals surface area (Å²) in [6.07, 6.45) is 5.84. The van der Waals surface area contributed by atoms with Gasteiger partial charge in [0, 0.05) is 85.3 Å². The molecule has 72 heavy (non-hydrogen) atoms. The van der Waals surface area contributed by atoms with Crippen LogP contribution in [-0.4, -0.2) is 149 Å². The van der Waals surface area contributed by atoms with Gasteiger partial charge in [-0.3, -0.25) is 38.9 Å². The fourth-order valence-corrected chi connectivity index (χ4v) is 11.3. The number of hydrogen-bond acceptors (Lipinski definition) is 12. The van der Waals surface area contributed by atoms with Gasteiger partial charge in [0.05, 0.1) is 45.8 Å². The Hall–Kier alpha value is -5.67. The lowest BCUT2D eigenvalue weighted by Gasteiger charge is -2.36. The van der Waals surface area contributed by atoms with E-state index in [2.05, 4.69) is 72.7 Å². The molecule has 388 valence electrons. The Kier molecular flexibility index (Phi) is 16.4. The largest absolute Gasteiger partial charge is 0.464 e. The van der Waals surface area contributed by atoms with Crippen LogP contribution in [-0.2, 0) is 52.8 Å². The van der Waals surface area contributed by atoms with E-state index in [9.17, 15) is 24.0 Å². The Morgan fingerprint density at radius 1 is 1.15 bits per heavy atom. The molecule has 17 heteroatoms. The third-order valence-electron chi connectivity index (χ3n) is 15.1. The maximum absolute atomic E-state index is 14.8. The topological polar surface area (TPSA) is 171 Å². The Bertz CT molecular complexity index is 2720. The molecule has 6 heterocycles. The van der Waals surface area contributed by atoms with E-state index in [0.717, 1.165) is 44.7 Å². The number of methoxy groups -OCH3 is 1. The molecule has 2 aromatic heterocycles. The molecule has 3 saturated heterocycles. The van der Waals surface area contributed by atoms with Gasteiger partial charge in [-0.25, -0.2) is 10.4 Å². The number of hydrogen-bond donors (Lipinski definition) is 2. The van der Waals surface area contributed by atoms with Crippen molar-refractivity contribution in [1.82, 2.24) is 40.0 Å². The van der Waals surface area contributed by atoms with Gasteiger partial charge in [0.1, 0.15) is 18.1 Å². The zero-order valence-corrected chi connectivity index (χ0v) is 45.3. The summed E-state index contributed by atoms with van der Waals surface area (Å²) in [6, 6.07) is 3.54. The zero-order valence-electron chi connectivity index (χ0n) is 44.4. The maximum Gasteiger partial charge on any atom is 0.324 e. The summed E-state index contributed by atoms with van der Waals surface area (Å²) in [6.45, 7) is 24.1. The first-order valence-corrected chi connectivity index (χ1v) is 26.3. The van der Waals surface area contributed by atoms with E-state index in [4.69, 9.17) is 19.5 Å². The van der Waals surface area contributed by atoms with Crippen LogP contribution in [0.4, 0.5) is 0 Å². The number of thiazole rings is 1.